The molecule has 4 aromatic rings. The van der Waals surface area contributed by atoms with E-state index in [0.717, 1.165) is 5.57 Å². The summed E-state index contributed by atoms with van der Waals surface area (Å²) in [4.78, 5) is 37.6. The third-order valence-electron chi connectivity index (χ3n) is 7.92. The molecule has 0 saturated heterocycles. The molecule has 4 aromatic carbocycles. The van der Waals surface area contributed by atoms with E-state index in [1.54, 1.807) is 42.5 Å². The topological polar surface area (TPSA) is 119 Å². The van der Waals surface area contributed by atoms with Crippen molar-refractivity contribution in [2.75, 3.05) is 13.2 Å². The second-order valence-corrected chi connectivity index (χ2v) is 11.3. The van der Waals surface area contributed by atoms with Gasteiger partial charge in [0.2, 0.25) is 5.78 Å². The van der Waals surface area contributed by atoms with Gasteiger partial charge < -0.3 is 24.4 Å². The Balaban J connectivity index is 1.67. The number of carbonyl (C=O) groups excluding carboxylic acids is 1. The molecule has 0 aromatic heterocycles. The average Bonchev–Trinajstić information content (AvgIpc) is 3.03. The Labute approximate surface area is 263 Å². The molecule has 0 amide bonds. The molecule has 1 unspecified atom stereocenters. The number of halogens is 2. The van der Waals surface area contributed by atoms with Gasteiger partial charge in [0.05, 0.1) is 11.1 Å². The molecule has 228 valence electrons. The first kappa shape index (κ1) is 31.2. The Hall–Kier alpha value is -4.27. The minimum absolute atomic E-state index is 0.106. The number of carboxylic acid groups (broad SMARTS) is 2. The number of ether oxygens (including phenoxy) is 3. The highest BCUT2D eigenvalue weighted by atomic mass is 35.5. The van der Waals surface area contributed by atoms with E-state index in [4.69, 9.17) is 37.4 Å². The van der Waals surface area contributed by atoms with Gasteiger partial charge in [0.25, 0.3) is 0 Å². The first-order valence-corrected chi connectivity index (χ1v) is 14.9. The molecule has 44 heavy (non-hydrogen) atoms. The Morgan fingerprint density at radius 3 is 1.89 bits per heavy atom. The molecule has 1 aliphatic heterocycles. The lowest BCUT2D eigenvalue weighted by Crippen LogP contribution is -2.43. The van der Waals surface area contributed by atoms with Gasteiger partial charge in [0, 0.05) is 31.6 Å². The van der Waals surface area contributed by atoms with Crippen LogP contribution < -0.4 is 9.47 Å². The summed E-state index contributed by atoms with van der Waals surface area (Å²) in [6.07, 6.45) is 1.70. The van der Waals surface area contributed by atoms with Crippen LogP contribution in [0.5, 0.6) is 11.5 Å². The number of hydrogen-bond donors (Lipinski definition) is 2. The zero-order valence-corrected chi connectivity index (χ0v) is 25.6. The Morgan fingerprint density at radius 2 is 1.34 bits per heavy atom. The number of benzene rings is 4. The highest BCUT2D eigenvalue weighted by Crippen LogP contribution is 2.48. The van der Waals surface area contributed by atoms with Gasteiger partial charge in [-0.15, -0.1) is 0 Å². The molecule has 5 rings (SSSR count). The van der Waals surface area contributed by atoms with E-state index >= 15 is 0 Å². The van der Waals surface area contributed by atoms with Crippen molar-refractivity contribution in [3.05, 3.63) is 87.4 Å². The molecule has 10 heteroatoms. The van der Waals surface area contributed by atoms with Crippen molar-refractivity contribution >= 4 is 68.2 Å². The normalized spacial score (nSPS) is 16.5. The van der Waals surface area contributed by atoms with Crippen LogP contribution in [0.2, 0.25) is 10.0 Å². The Kier molecular flexibility index (Phi) is 9.04. The van der Waals surface area contributed by atoms with Crippen molar-refractivity contribution in [3.63, 3.8) is 0 Å². The van der Waals surface area contributed by atoms with Crippen molar-refractivity contribution in [2.45, 2.75) is 45.1 Å². The first-order valence-electron chi connectivity index (χ1n) is 14.2. The zero-order valence-electron chi connectivity index (χ0n) is 24.1. The summed E-state index contributed by atoms with van der Waals surface area (Å²) in [5.41, 5.74) is 0.0712. The molecule has 0 spiro atoms. The molecule has 0 bridgehead atoms. The fourth-order valence-electron chi connectivity index (χ4n) is 5.71. The minimum Gasteiger partial charge on any atom is -0.480 e. The monoisotopic (exact) mass is 636 g/mol. The van der Waals surface area contributed by atoms with Crippen LogP contribution in [0.1, 0.15) is 55.5 Å². The lowest BCUT2D eigenvalue weighted by Gasteiger charge is -2.39. The predicted molar refractivity (Wildman–Crippen MR) is 169 cm³/mol. The van der Waals surface area contributed by atoms with Crippen molar-refractivity contribution in [3.8, 4) is 11.5 Å². The molecule has 0 saturated carbocycles. The van der Waals surface area contributed by atoms with Crippen LogP contribution in [-0.2, 0) is 14.3 Å². The van der Waals surface area contributed by atoms with Crippen LogP contribution in [0.25, 0.3) is 27.3 Å². The number of Topliss-reactive ketones (excluding diaryl/α,β-unsaturated/α-hetero) is 1. The van der Waals surface area contributed by atoms with Gasteiger partial charge in [0.15, 0.2) is 18.8 Å². The molecule has 1 atom stereocenters. The quantitative estimate of drug-likeness (QED) is 0.158. The number of fused-ring (bicyclic) bond motifs is 2. The summed E-state index contributed by atoms with van der Waals surface area (Å²) in [7, 11) is 0. The molecular formula is C34H30Cl2O8. The predicted octanol–water partition coefficient (Wildman–Crippen LogP) is 8.19. The summed E-state index contributed by atoms with van der Waals surface area (Å²) < 4.78 is 18.3. The van der Waals surface area contributed by atoms with E-state index in [0.29, 0.717) is 62.2 Å². The number of hydrogen-bond acceptors (Lipinski definition) is 6. The number of ketones is 1. The van der Waals surface area contributed by atoms with E-state index in [2.05, 4.69) is 0 Å². The van der Waals surface area contributed by atoms with E-state index in [-0.39, 0.29) is 23.5 Å². The van der Waals surface area contributed by atoms with E-state index < -0.39 is 36.5 Å². The summed E-state index contributed by atoms with van der Waals surface area (Å²) >= 11 is 13.4. The summed E-state index contributed by atoms with van der Waals surface area (Å²) in [6.45, 7) is 2.56. The van der Waals surface area contributed by atoms with Crippen LogP contribution >= 0.6 is 23.2 Å². The lowest BCUT2D eigenvalue weighted by molar-refractivity contribution is -0.140. The van der Waals surface area contributed by atoms with Gasteiger partial charge >= 0.3 is 11.9 Å². The fourth-order valence-corrected chi connectivity index (χ4v) is 6.26. The number of aliphatic carboxylic acids is 2. The maximum absolute atomic E-state index is 14.6. The molecular weight excluding hydrogens is 607 g/mol. The second kappa shape index (κ2) is 12.8. The van der Waals surface area contributed by atoms with Gasteiger partial charge in [0.1, 0.15) is 17.3 Å². The maximum Gasteiger partial charge on any atom is 0.341 e. The van der Waals surface area contributed by atoms with Crippen LogP contribution in [-0.4, -0.2) is 46.7 Å². The van der Waals surface area contributed by atoms with Gasteiger partial charge in [-0.3, -0.25) is 4.79 Å². The van der Waals surface area contributed by atoms with E-state index in [9.17, 15) is 24.6 Å². The molecule has 0 aliphatic carbocycles. The molecule has 1 aliphatic rings. The van der Waals surface area contributed by atoms with Crippen molar-refractivity contribution < 1.29 is 38.8 Å². The third-order valence-corrected chi connectivity index (χ3v) is 8.54. The van der Waals surface area contributed by atoms with Gasteiger partial charge in [-0.2, -0.15) is 0 Å². The molecule has 2 N–H and O–H groups in total. The maximum atomic E-state index is 14.6. The average molecular weight is 638 g/mol. The fraction of sp³-hybridized carbons (Fsp3) is 0.265. The molecule has 1 heterocycles. The summed E-state index contributed by atoms with van der Waals surface area (Å²) in [5.74, 6) is -1.97. The van der Waals surface area contributed by atoms with Gasteiger partial charge in [-0.25, -0.2) is 9.59 Å². The largest absolute Gasteiger partial charge is 0.480 e. The highest BCUT2D eigenvalue weighted by Gasteiger charge is 2.45. The molecule has 0 radical (unpaired) electrons. The van der Waals surface area contributed by atoms with Crippen LogP contribution in [0, 0.1) is 0 Å². The Morgan fingerprint density at radius 1 is 0.818 bits per heavy atom. The smallest absolute Gasteiger partial charge is 0.341 e. The molecule has 0 fully saturated rings. The minimum atomic E-state index is -1.39. The van der Waals surface area contributed by atoms with Crippen LogP contribution in [0.3, 0.4) is 0 Å². The second-order valence-electron chi connectivity index (χ2n) is 10.5. The van der Waals surface area contributed by atoms with Gasteiger partial charge in [-0.05, 0) is 43.4 Å². The number of rotatable bonds is 11. The number of carboxylic acids is 2. The van der Waals surface area contributed by atoms with Crippen molar-refractivity contribution in [2.24, 2.45) is 0 Å². The zero-order chi connectivity index (χ0) is 31.6. The summed E-state index contributed by atoms with van der Waals surface area (Å²) in [6, 6.07) is 17.4. The Bertz CT molecular complexity index is 1830. The van der Waals surface area contributed by atoms with Crippen molar-refractivity contribution in [1.29, 1.82) is 0 Å². The standard InChI is InChI=1S/C34H30Cl2O8/c1-3-19-13-14-34(4-2,33(41)25-16-27(36)21-10-6-8-12-23(21)32(25)43-18-29(39)40)44-30(19)24-15-26(35)20-9-5-7-11-22(20)31(24)42-17-28(37)38/h5-12,15-16H,3-4,13-14,17-18H2,1-2H3,(H,37,38)(H,39,40). The first-order chi connectivity index (χ1) is 21.1. The molecule has 8 nitrogen and oxygen atoms in total. The van der Waals surface area contributed by atoms with Gasteiger partial charge in [-0.1, -0.05) is 85.6 Å². The number of allylic oxidation sites excluding steroid dienone is 1. The highest BCUT2D eigenvalue weighted by molar-refractivity contribution is 6.37. The van der Waals surface area contributed by atoms with E-state index in [1.165, 1.54) is 6.07 Å². The SMILES string of the molecule is CCC1=C(c2cc(Cl)c3ccccc3c2OCC(=O)O)OC(CC)(C(=O)c2cc(Cl)c3ccccc3c2OCC(=O)O)CC1. The van der Waals surface area contributed by atoms with Crippen LogP contribution in [0.4, 0.5) is 0 Å². The number of carbonyl (C=O) groups is 3. The van der Waals surface area contributed by atoms with Crippen molar-refractivity contribution in [1.82, 2.24) is 0 Å². The summed E-state index contributed by atoms with van der Waals surface area (Å²) in [5, 5.41) is 21.9. The lowest BCUT2D eigenvalue weighted by atomic mass is 9.80. The van der Waals surface area contributed by atoms with Crippen LogP contribution in [0.15, 0.2) is 66.2 Å². The third kappa shape index (κ3) is 5.79. The van der Waals surface area contributed by atoms with E-state index in [1.807, 2.05) is 26.0 Å².